The first-order chi connectivity index (χ1) is 17.3. The van der Waals surface area contributed by atoms with Gasteiger partial charge in [0.15, 0.2) is 0 Å². The summed E-state index contributed by atoms with van der Waals surface area (Å²) in [5.41, 5.74) is 6.57. The molecule has 0 spiro atoms. The summed E-state index contributed by atoms with van der Waals surface area (Å²) in [6.07, 6.45) is 0.470. The molecule has 0 aliphatic rings. The topological polar surface area (TPSA) is 188 Å². The largest absolute Gasteiger partial charge is 0.481 e. The number of carboxylic acids is 2. The van der Waals surface area contributed by atoms with Gasteiger partial charge in [-0.1, -0.05) is 64.4 Å². The van der Waals surface area contributed by atoms with Gasteiger partial charge in [0.25, 0.3) is 0 Å². The summed E-state index contributed by atoms with van der Waals surface area (Å²) in [6, 6.07) is 4.53. The third kappa shape index (κ3) is 11.4. The van der Waals surface area contributed by atoms with Crippen LogP contribution >= 0.6 is 0 Å². The van der Waals surface area contributed by atoms with Crippen molar-refractivity contribution >= 4 is 29.7 Å². The summed E-state index contributed by atoms with van der Waals surface area (Å²) in [4.78, 5) is 61.5. The summed E-state index contributed by atoms with van der Waals surface area (Å²) < 4.78 is 0. The second kappa shape index (κ2) is 15.6. The standard InChI is InChI=1S/C26H40N4O7/c1-5-16(4)22(26(36)37)30-25(35)19(13-15(2)3)29-24(34)20(14-17-9-7-6-8-10-17)28-23(33)18(27)11-12-21(31)32/h6-10,15-16,18-20,22H,5,11-14,27H2,1-4H3,(H,28,33)(H,29,34)(H,30,35)(H,31,32)(H,36,37). The maximum absolute atomic E-state index is 13.3. The van der Waals surface area contributed by atoms with Gasteiger partial charge >= 0.3 is 11.9 Å². The van der Waals surface area contributed by atoms with Gasteiger partial charge in [0.1, 0.15) is 18.1 Å². The quantitative estimate of drug-likeness (QED) is 0.186. The highest BCUT2D eigenvalue weighted by atomic mass is 16.4. The van der Waals surface area contributed by atoms with Crippen LogP contribution in [-0.4, -0.2) is 64.0 Å². The van der Waals surface area contributed by atoms with E-state index in [1.807, 2.05) is 20.8 Å². The minimum atomic E-state index is -1.16. The molecule has 0 heterocycles. The molecule has 206 valence electrons. The van der Waals surface area contributed by atoms with E-state index in [0.29, 0.717) is 6.42 Å². The molecule has 7 N–H and O–H groups in total. The average molecular weight is 521 g/mol. The molecule has 0 saturated heterocycles. The van der Waals surface area contributed by atoms with Crippen LogP contribution < -0.4 is 21.7 Å². The Bertz CT molecular complexity index is 923. The lowest BCUT2D eigenvalue weighted by Crippen LogP contribution is -2.58. The molecule has 1 aromatic carbocycles. The summed E-state index contributed by atoms with van der Waals surface area (Å²) in [5, 5.41) is 26.2. The number of carboxylic acid groups (broad SMARTS) is 2. The van der Waals surface area contributed by atoms with Crippen LogP contribution in [0.4, 0.5) is 0 Å². The molecule has 1 aromatic rings. The zero-order valence-corrected chi connectivity index (χ0v) is 21.9. The van der Waals surface area contributed by atoms with Gasteiger partial charge in [-0.05, 0) is 30.2 Å². The van der Waals surface area contributed by atoms with E-state index in [1.54, 1.807) is 37.3 Å². The lowest BCUT2D eigenvalue weighted by molar-refractivity contribution is -0.144. The van der Waals surface area contributed by atoms with Gasteiger partial charge in [0.2, 0.25) is 17.7 Å². The number of hydrogen-bond acceptors (Lipinski definition) is 6. The number of nitrogens with one attached hydrogen (secondary N) is 3. The minimum Gasteiger partial charge on any atom is -0.481 e. The van der Waals surface area contributed by atoms with E-state index in [1.165, 1.54) is 0 Å². The van der Waals surface area contributed by atoms with Gasteiger partial charge < -0.3 is 31.9 Å². The molecule has 5 unspecified atom stereocenters. The number of hydrogen-bond donors (Lipinski definition) is 6. The maximum Gasteiger partial charge on any atom is 0.326 e. The van der Waals surface area contributed by atoms with E-state index in [4.69, 9.17) is 10.8 Å². The molecule has 11 heteroatoms. The number of carbonyl (C=O) groups is 5. The number of aliphatic carboxylic acids is 2. The summed E-state index contributed by atoms with van der Waals surface area (Å²) in [5.74, 6) is -4.55. The van der Waals surface area contributed by atoms with Gasteiger partial charge in [-0.15, -0.1) is 0 Å². The number of amides is 3. The Morgan fingerprint density at radius 1 is 0.865 bits per heavy atom. The highest BCUT2D eigenvalue weighted by Gasteiger charge is 2.32. The van der Waals surface area contributed by atoms with Crippen LogP contribution in [0.15, 0.2) is 30.3 Å². The molecule has 0 aromatic heterocycles. The SMILES string of the molecule is CCC(C)C(NC(=O)C(CC(C)C)NC(=O)C(Cc1ccccc1)NC(=O)C(N)CCC(=O)O)C(=O)O. The third-order valence-electron chi connectivity index (χ3n) is 6.04. The smallest absolute Gasteiger partial charge is 0.326 e. The number of rotatable bonds is 16. The van der Waals surface area contributed by atoms with Crippen molar-refractivity contribution in [1.82, 2.24) is 16.0 Å². The molecule has 0 fully saturated rings. The zero-order chi connectivity index (χ0) is 28.1. The number of benzene rings is 1. The van der Waals surface area contributed by atoms with Crippen LogP contribution in [0.5, 0.6) is 0 Å². The Balaban J connectivity index is 3.11. The fourth-order valence-electron chi connectivity index (χ4n) is 3.66. The van der Waals surface area contributed by atoms with Crippen LogP contribution in [0.3, 0.4) is 0 Å². The molecule has 0 saturated carbocycles. The normalized spacial score (nSPS) is 15.1. The summed E-state index contributed by atoms with van der Waals surface area (Å²) >= 11 is 0. The second-order valence-corrected chi connectivity index (χ2v) is 9.69. The molecule has 1 rings (SSSR count). The molecule has 11 nitrogen and oxygen atoms in total. The number of carbonyl (C=O) groups excluding carboxylic acids is 3. The summed E-state index contributed by atoms with van der Waals surface area (Å²) in [6.45, 7) is 7.26. The Morgan fingerprint density at radius 3 is 1.95 bits per heavy atom. The molecular formula is C26H40N4O7. The van der Waals surface area contributed by atoms with Crippen molar-refractivity contribution in [2.24, 2.45) is 17.6 Å². The van der Waals surface area contributed by atoms with Crippen LogP contribution in [0.1, 0.15) is 58.9 Å². The van der Waals surface area contributed by atoms with Crippen molar-refractivity contribution < 1.29 is 34.2 Å². The second-order valence-electron chi connectivity index (χ2n) is 9.69. The van der Waals surface area contributed by atoms with Gasteiger partial charge in [-0.3, -0.25) is 19.2 Å². The molecule has 0 aliphatic carbocycles. The Morgan fingerprint density at radius 2 is 1.43 bits per heavy atom. The average Bonchev–Trinajstić information content (AvgIpc) is 2.84. The molecular weight excluding hydrogens is 480 g/mol. The fraction of sp³-hybridized carbons (Fsp3) is 0.577. The summed E-state index contributed by atoms with van der Waals surface area (Å²) in [7, 11) is 0. The minimum absolute atomic E-state index is 0.00506. The van der Waals surface area contributed by atoms with Crippen molar-refractivity contribution in [1.29, 1.82) is 0 Å². The molecule has 37 heavy (non-hydrogen) atoms. The van der Waals surface area contributed by atoms with Crippen LogP contribution in [0.2, 0.25) is 0 Å². The van der Waals surface area contributed by atoms with Crippen molar-refractivity contribution in [2.75, 3.05) is 0 Å². The van der Waals surface area contributed by atoms with Gasteiger partial charge in [-0.2, -0.15) is 0 Å². The first kappa shape index (κ1) is 31.6. The van der Waals surface area contributed by atoms with Gasteiger partial charge in [0, 0.05) is 12.8 Å². The lowest BCUT2D eigenvalue weighted by Gasteiger charge is -2.27. The monoisotopic (exact) mass is 520 g/mol. The van der Waals surface area contributed by atoms with Crippen LogP contribution in [0, 0.1) is 11.8 Å². The highest BCUT2D eigenvalue weighted by Crippen LogP contribution is 2.12. The first-order valence-electron chi connectivity index (χ1n) is 12.5. The van der Waals surface area contributed by atoms with E-state index in [-0.39, 0.29) is 37.5 Å². The van der Waals surface area contributed by atoms with E-state index in [2.05, 4.69) is 16.0 Å². The van der Waals surface area contributed by atoms with E-state index < -0.39 is 53.8 Å². The number of nitrogens with two attached hydrogens (primary N) is 1. The van der Waals surface area contributed by atoms with E-state index >= 15 is 0 Å². The predicted molar refractivity (Wildman–Crippen MR) is 137 cm³/mol. The zero-order valence-electron chi connectivity index (χ0n) is 21.9. The maximum atomic E-state index is 13.3. The molecule has 3 amide bonds. The van der Waals surface area contributed by atoms with Crippen LogP contribution in [-0.2, 0) is 30.4 Å². The Kier molecular flexibility index (Phi) is 13.3. The third-order valence-corrected chi connectivity index (χ3v) is 6.04. The lowest BCUT2D eigenvalue weighted by atomic mass is 9.97. The highest BCUT2D eigenvalue weighted by molar-refractivity contribution is 5.94. The van der Waals surface area contributed by atoms with E-state index in [9.17, 15) is 29.1 Å². The molecule has 5 atom stereocenters. The van der Waals surface area contributed by atoms with Gasteiger partial charge in [0.05, 0.1) is 6.04 Å². The molecule has 0 aliphatic heterocycles. The Hall–Kier alpha value is -3.47. The van der Waals surface area contributed by atoms with Crippen molar-refractivity contribution in [3.05, 3.63) is 35.9 Å². The molecule has 0 bridgehead atoms. The van der Waals surface area contributed by atoms with Gasteiger partial charge in [-0.25, -0.2) is 4.79 Å². The Labute approximate surface area is 217 Å². The molecule has 0 radical (unpaired) electrons. The fourth-order valence-corrected chi connectivity index (χ4v) is 3.66. The first-order valence-corrected chi connectivity index (χ1v) is 12.5. The van der Waals surface area contributed by atoms with Crippen molar-refractivity contribution in [3.8, 4) is 0 Å². The van der Waals surface area contributed by atoms with Crippen LogP contribution in [0.25, 0.3) is 0 Å². The van der Waals surface area contributed by atoms with Crippen molar-refractivity contribution in [3.63, 3.8) is 0 Å². The van der Waals surface area contributed by atoms with Crippen molar-refractivity contribution in [2.45, 2.75) is 84.0 Å². The van der Waals surface area contributed by atoms with E-state index in [0.717, 1.165) is 5.56 Å². The predicted octanol–water partition coefficient (Wildman–Crippen LogP) is 1.05.